The Morgan fingerprint density at radius 3 is 2.65 bits per heavy atom. The first-order chi connectivity index (χ1) is 9.41. The number of hydrogen-bond donors (Lipinski definition) is 1. The number of rotatable bonds is 4. The number of halogens is 1. The summed E-state index contributed by atoms with van der Waals surface area (Å²) in [6.45, 7) is 0. The predicted molar refractivity (Wildman–Crippen MR) is 76.2 cm³/mol. The molecule has 1 saturated carbocycles. The van der Waals surface area contributed by atoms with Crippen LogP contribution in [0.1, 0.15) is 25.7 Å². The number of benzene rings is 1. The molecular weight excluding hydrogens is 281 g/mol. The lowest BCUT2D eigenvalue weighted by atomic mass is 9.92. The van der Waals surface area contributed by atoms with Gasteiger partial charge in [0.25, 0.3) is 0 Å². The third-order valence-electron chi connectivity index (χ3n) is 3.71. The van der Waals surface area contributed by atoms with E-state index < -0.39 is 15.7 Å². The molecule has 6 heteroatoms. The monoisotopic (exact) mass is 301 g/mol. The Bertz CT molecular complexity index is 574. The first kappa shape index (κ1) is 15.3. The average Bonchev–Trinajstić information content (AvgIpc) is 2.40. The molecule has 1 aromatic rings. The Morgan fingerprint density at radius 1 is 1.30 bits per heavy atom. The fourth-order valence-corrected chi connectivity index (χ4v) is 3.24. The van der Waals surface area contributed by atoms with Gasteiger partial charge in [-0.1, -0.05) is 12.8 Å². The molecule has 20 heavy (non-hydrogen) atoms. The largest absolute Gasteiger partial charge is 0.379 e. The van der Waals surface area contributed by atoms with Gasteiger partial charge in [0.05, 0.1) is 22.7 Å². The molecule has 1 N–H and O–H groups in total. The molecular formula is C14H20FNO3S. The van der Waals surface area contributed by atoms with Gasteiger partial charge in [0.2, 0.25) is 0 Å². The summed E-state index contributed by atoms with van der Waals surface area (Å²) in [5.74, 6) is -0.446. The first-order valence-electron chi connectivity index (χ1n) is 6.71. The van der Waals surface area contributed by atoms with Gasteiger partial charge in [-0.25, -0.2) is 12.8 Å². The molecule has 1 aliphatic carbocycles. The second-order valence-corrected chi connectivity index (χ2v) is 7.24. The zero-order valence-electron chi connectivity index (χ0n) is 11.7. The SMILES string of the molecule is COC1CCCCC1Nc1cc(S(C)(=O)=O)ccc1F. The predicted octanol–water partition coefficient (Wildman–Crippen LogP) is 2.60. The molecule has 0 heterocycles. The van der Waals surface area contributed by atoms with Crippen molar-refractivity contribution in [3.63, 3.8) is 0 Å². The van der Waals surface area contributed by atoms with Crippen molar-refractivity contribution < 1.29 is 17.5 Å². The highest BCUT2D eigenvalue weighted by atomic mass is 32.2. The van der Waals surface area contributed by atoms with Crippen LogP contribution in [0.4, 0.5) is 10.1 Å². The minimum absolute atomic E-state index is 0.0121. The number of nitrogens with one attached hydrogen (secondary N) is 1. The quantitative estimate of drug-likeness (QED) is 0.869. The molecule has 2 unspecified atom stereocenters. The van der Waals surface area contributed by atoms with Crippen LogP contribution < -0.4 is 5.32 Å². The Morgan fingerprint density at radius 2 is 2.00 bits per heavy atom. The molecule has 1 fully saturated rings. The lowest BCUT2D eigenvalue weighted by Crippen LogP contribution is -2.38. The maximum absolute atomic E-state index is 13.8. The van der Waals surface area contributed by atoms with Gasteiger partial charge in [-0.05, 0) is 31.0 Å². The maximum Gasteiger partial charge on any atom is 0.175 e. The van der Waals surface area contributed by atoms with Crippen molar-refractivity contribution in [2.45, 2.75) is 42.7 Å². The summed E-state index contributed by atoms with van der Waals surface area (Å²) in [5, 5.41) is 3.10. The highest BCUT2D eigenvalue weighted by molar-refractivity contribution is 7.90. The Hall–Kier alpha value is -1.14. The molecule has 112 valence electrons. The minimum Gasteiger partial charge on any atom is -0.379 e. The van der Waals surface area contributed by atoms with Crippen molar-refractivity contribution >= 4 is 15.5 Å². The summed E-state index contributed by atoms with van der Waals surface area (Å²) in [4.78, 5) is 0.117. The Labute approximate surface area is 119 Å². The van der Waals surface area contributed by atoms with Crippen molar-refractivity contribution in [3.05, 3.63) is 24.0 Å². The molecule has 0 amide bonds. The van der Waals surface area contributed by atoms with Gasteiger partial charge < -0.3 is 10.1 Å². The number of methoxy groups -OCH3 is 1. The summed E-state index contributed by atoms with van der Waals surface area (Å²) in [7, 11) is -1.69. The number of hydrogen-bond acceptors (Lipinski definition) is 4. The van der Waals surface area contributed by atoms with Crippen molar-refractivity contribution in [2.75, 3.05) is 18.7 Å². The van der Waals surface area contributed by atoms with Crippen LogP contribution in [0, 0.1) is 5.82 Å². The van der Waals surface area contributed by atoms with Gasteiger partial charge >= 0.3 is 0 Å². The van der Waals surface area contributed by atoms with E-state index in [-0.39, 0.29) is 22.7 Å². The van der Waals surface area contributed by atoms with Crippen molar-refractivity contribution in [1.82, 2.24) is 0 Å². The molecule has 0 saturated heterocycles. The van der Waals surface area contributed by atoms with Crippen LogP contribution in [0.25, 0.3) is 0 Å². The second kappa shape index (κ2) is 6.10. The summed E-state index contributed by atoms with van der Waals surface area (Å²) in [5.41, 5.74) is 0.224. The van der Waals surface area contributed by atoms with Crippen LogP contribution >= 0.6 is 0 Å². The highest BCUT2D eigenvalue weighted by Gasteiger charge is 2.25. The summed E-state index contributed by atoms with van der Waals surface area (Å²) >= 11 is 0. The third-order valence-corrected chi connectivity index (χ3v) is 4.82. The third kappa shape index (κ3) is 3.49. The van der Waals surface area contributed by atoms with E-state index in [2.05, 4.69) is 5.32 Å². The number of ether oxygens (including phenoxy) is 1. The van der Waals surface area contributed by atoms with Crippen molar-refractivity contribution in [1.29, 1.82) is 0 Å². The molecule has 0 aromatic heterocycles. The van der Waals surface area contributed by atoms with Crippen LogP contribution in [0.2, 0.25) is 0 Å². The van der Waals surface area contributed by atoms with Gasteiger partial charge in [-0.3, -0.25) is 0 Å². The maximum atomic E-state index is 13.8. The van der Waals surface area contributed by atoms with Gasteiger partial charge in [-0.15, -0.1) is 0 Å². The van der Waals surface area contributed by atoms with E-state index in [0.29, 0.717) is 0 Å². The van der Waals surface area contributed by atoms with Gasteiger partial charge in [0.15, 0.2) is 9.84 Å². The zero-order valence-corrected chi connectivity index (χ0v) is 12.5. The highest BCUT2D eigenvalue weighted by Crippen LogP contribution is 2.26. The van der Waals surface area contributed by atoms with Crippen LogP contribution in [-0.4, -0.2) is 33.9 Å². The fraction of sp³-hybridized carbons (Fsp3) is 0.571. The molecule has 0 spiro atoms. The zero-order chi connectivity index (χ0) is 14.8. The van der Waals surface area contributed by atoms with Crippen LogP contribution in [0.5, 0.6) is 0 Å². The standard InChI is InChI=1S/C14H20FNO3S/c1-19-14-6-4-3-5-12(14)16-13-9-10(20(2,17)18)7-8-11(13)15/h7-9,12,14,16H,3-6H2,1-2H3. The molecule has 0 bridgehead atoms. The smallest absolute Gasteiger partial charge is 0.175 e. The summed E-state index contributed by atoms with van der Waals surface area (Å²) in [6, 6.07) is 3.83. The minimum atomic E-state index is -3.34. The van der Waals surface area contributed by atoms with Crippen LogP contribution in [0.15, 0.2) is 23.1 Å². The first-order valence-corrected chi connectivity index (χ1v) is 8.60. The lowest BCUT2D eigenvalue weighted by molar-refractivity contribution is 0.0605. The van der Waals surface area contributed by atoms with E-state index in [1.807, 2.05) is 0 Å². The van der Waals surface area contributed by atoms with Crippen LogP contribution in [-0.2, 0) is 14.6 Å². The van der Waals surface area contributed by atoms with Gasteiger partial charge in [-0.2, -0.15) is 0 Å². The molecule has 1 aromatic carbocycles. The Balaban J connectivity index is 2.24. The normalized spacial score (nSPS) is 23.6. The van der Waals surface area contributed by atoms with E-state index in [9.17, 15) is 12.8 Å². The van der Waals surface area contributed by atoms with E-state index in [4.69, 9.17) is 4.74 Å². The molecule has 2 rings (SSSR count). The molecule has 4 nitrogen and oxygen atoms in total. The van der Waals surface area contributed by atoms with Crippen molar-refractivity contribution in [3.8, 4) is 0 Å². The molecule has 2 atom stereocenters. The van der Waals surface area contributed by atoms with Gasteiger partial charge in [0.1, 0.15) is 5.82 Å². The average molecular weight is 301 g/mol. The molecule has 0 aliphatic heterocycles. The van der Waals surface area contributed by atoms with E-state index >= 15 is 0 Å². The van der Waals surface area contributed by atoms with E-state index in [1.165, 1.54) is 18.2 Å². The topological polar surface area (TPSA) is 55.4 Å². The van der Waals surface area contributed by atoms with E-state index in [1.54, 1.807) is 7.11 Å². The molecule has 1 aliphatic rings. The van der Waals surface area contributed by atoms with E-state index in [0.717, 1.165) is 31.9 Å². The summed E-state index contributed by atoms with van der Waals surface area (Å²) < 4.78 is 42.3. The fourth-order valence-electron chi connectivity index (χ4n) is 2.59. The van der Waals surface area contributed by atoms with Gasteiger partial charge in [0, 0.05) is 13.4 Å². The number of sulfone groups is 1. The van der Waals surface area contributed by atoms with Crippen molar-refractivity contribution in [2.24, 2.45) is 0 Å². The Kier molecular flexibility index (Phi) is 4.65. The number of anilines is 1. The molecule has 0 radical (unpaired) electrons. The lowest BCUT2D eigenvalue weighted by Gasteiger charge is -2.32. The summed E-state index contributed by atoms with van der Waals surface area (Å²) in [6.07, 6.45) is 5.13. The second-order valence-electron chi connectivity index (χ2n) is 5.22. The van der Waals surface area contributed by atoms with Crippen LogP contribution in [0.3, 0.4) is 0 Å².